The molecule has 1 aromatic rings. The van der Waals surface area contributed by atoms with Crippen molar-refractivity contribution in [3.05, 3.63) is 34.4 Å². The van der Waals surface area contributed by atoms with Crippen LogP contribution in [0.25, 0.3) is 0 Å². The van der Waals surface area contributed by atoms with Crippen LogP contribution < -0.4 is 0 Å². The molecular formula is C12H20. The fourth-order valence-corrected chi connectivity index (χ4v) is 1.77. The van der Waals surface area contributed by atoms with Gasteiger partial charge in [0.05, 0.1) is 0 Å². The van der Waals surface area contributed by atoms with Crippen LogP contribution in [0.4, 0.5) is 0 Å². The lowest BCUT2D eigenvalue weighted by Crippen LogP contribution is -1.92. The number of benzene rings is 1. The van der Waals surface area contributed by atoms with E-state index in [0.717, 1.165) is 6.42 Å². The normalized spacial score (nSPS) is 9.33. The summed E-state index contributed by atoms with van der Waals surface area (Å²) in [6.07, 6.45) is 1.15. The van der Waals surface area contributed by atoms with Gasteiger partial charge in [0, 0.05) is 0 Å². The second-order valence-corrected chi connectivity index (χ2v) is 3.23. The molecule has 0 aliphatic heterocycles. The zero-order chi connectivity index (χ0) is 8.43. The highest BCUT2D eigenvalue weighted by Gasteiger charge is 1.99. The Balaban J connectivity index is 0.00000121. The van der Waals surface area contributed by atoms with Crippen molar-refractivity contribution in [1.29, 1.82) is 0 Å². The van der Waals surface area contributed by atoms with Gasteiger partial charge in [0.1, 0.15) is 0 Å². The lowest BCUT2D eigenvalue weighted by atomic mass is 9.98. The summed E-state index contributed by atoms with van der Waals surface area (Å²) in [4.78, 5) is 0. The number of hydrogen-bond donors (Lipinski definition) is 0. The molecule has 0 heteroatoms. The molecule has 12 heavy (non-hydrogen) atoms. The van der Waals surface area contributed by atoms with Gasteiger partial charge >= 0.3 is 0 Å². The quantitative estimate of drug-likeness (QED) is 0.592. The first-order valence-electron chi connectivity index (χ1n) is 4.22. The summed E-state index contributed by atoms with van der Waals surface area (Å²) in [5.74, 6) is 0. The molecule has 0 saturated carbocycles. The maximum atomic E-state index is 2.26. The summed E-state index contributed by atoms with van der Waals surface area (Å²) in [6.45, 7) is 8.75. The van der Waals surface area contributed by atoms with Crippen LogP contribution in [0.2, 0.25) is 0 Å². The lowest BCUT2D eigenvalue weighted by Gasteiger charge is -2.08. The molecule has 0 heterocycles. The average molecular weight is 164 g/mol. The molecule has 0 spiro atoms. The van der Waals surface area contributed by atoms with E-state index in [1.54, 1.807) is 0 Å². The Morgan fingerprint density at radius 2 is 1.42 bits per heavy atom. The molecule has 0 aromatic heterocycles. The average Bonchev–Trinajstić information content (AvgIpc) is 1.85. The van der Waals surface area contributed by atoms with Gasteiger partial charge in [-0.1, -0.05) is 32.0 Å². The van der Waals surface area contributed by atoms with Gasteiger partial charge in [-0.05, 0) is 43.9 Å². The van der Waals surface area contributed by atoms with Crippen LogP contribution in [0.3, 0.4) is 0 Å². The monoisotopic (exact) mass is 164 g/mol. The van der Waals surface area contributed by atoms with E-state index < -0.39 is 0 Å². The van der Waals surface area contributed by atoms with Crippen LogP contribution in [-0.4, -0.2) is 0 Å². The molecule has 68 valence electrons. The summed E-state index contributed by atoms with van der Waals surface area (Å²) >= 11 is 0. The van der Waals surface area contributed by atoms with E-state index in [1.807, 2.05) is 0 Å². The van der Waals surface area contributed by atoms with Crippen molar-refractivity contribution in [2.75, 3.05) is 0 Å². The first kappa shape index (κ1) is 11.2. The molecule has 0 bridgehead atoms. The second kappa shape index (κ2) is 4.30. The van der Waals surface area contributed by atoms with E-state index in [2.05, 4.69) is 39.8 Å². The lowest BCUT2D eigenvalue weighted by molar-refractivity contribution is 1.07. The smallest absolute Gasteiger partial charge is 0.0302 e. The summed E-state index contributed by atoms with van der Waals surface area (Å²) in [5.41, 5.74) is 5.75. The van der Waals surface area contributed by atoms with Gasteiger partial charge in [-0.2, -0.15) is 0 Å². The first-order chi connectivity index (χ1) is 5.15. The third-order valence-electron chi connectivity index (χ3n) is 2.19. The van der Waals surface area contributed by atoms with Crippen molar-refractivity contribution in [3.63, 3.8) is 0 Å². The van der Waals surface area contributed by atoms with Gasteiger partial charge in [-0.15, -0.1) is 0 Å². The highest BCUT2D eigenvalue weighted by atomic mass is 14.0. The van der Waals surface area contributed by atoms with Gasteiger partial charge < -0.3 is 0 Å². The predicted octanol–water partition coefficient (Wildman–Crippen LogP) is 3.81. The topological polar surface area (TPSA) is 0 Å². The Morgan fingerprint density at radius 3 is 1.75 bits per heavy atom. The maximum Gasteiger partial charge on any atom is -0.0302 e. The minimum atomic E-state index is 0. The second-order valence-electron chi connectivity index (χ2n) is 3.23. The molecule has 1 aromatic carbocycles. The Hall–Kier alpha value is -0.780. The molecule has 0 unspecified atom stereocenters. The summed E-state index contributed by atoms with van der Waals surface area (Å²) in [7, 11) is 0. The fourth-order valence-electron chi connectivity index (χ4n) is 1.77. The Kier molecular flexibility index (Phi) is 4.02. The van der Waals surface area contributed by atoms with Crippen LogP contribution in [0, 0.1) is 20.8 Å². The molecule has 0 aliphatic rings. The van der Waals surface area contributed by atoms with Crippen LogP contribution in [0.15, 0.2) is 12.1 Å². The molecule has 0 N–H and O–H groups in total. The van der Waals surface area contributed by atoms with E-state index in [0.29, 0.717) is 0 Å². The zero-order valence-electron chi connectivity index (χ0n) is 7.86. The number of aryl methyl sites for hydroxylation is 3. The molecule has 0 fully saturated rings. The van der Waals surface area contributed by atoms with Crippen LogP contribution in [0.5, 0.6) is 0 Å². The van der Waals surface area contributed by atoms with Gasteiger partial charge in [0.2, 0.25) is 0 Å². The third kappa shape index (κ3) is 2.10. The van der Waals surface area contributed by atoms with Gasteiger partial charge in [0.25, 0.3) is 0 Å². The molecule has 0 nitrogen and oxygen atoms in total. The molecule has 0 aliphatic carbocycles. The molecule has 1 rings (SSSR count). The minimum absolute atomic E-state index is 0. The Bertz CT molecular complexity index is 236. The largest absolute Gasteiger partial charge is 0.0776 e. The number of hydrogen-bond acceptors (Lipinski definition) is 0. The summed E-state index contributed by atoms with van der Waals surface area (Å²) in [6, 6.07) is 4.51. The van der Waals surface area contributed by atoms with Gasteiger partial charge in [0.15, 0.2) is 0 Å². The standard InChI is InChI=1S/C11H16.CH4/c1-5-11-9(3)6-8(2)7-10(11)4;/h6-7H,5H2,1-4H3;1H4. The van der Waals surface area contributed by atoms with E-state index in [-0.39, 0.29) is 7.43 Å². The van der Waals surface area contributed by atoms with Crippen molar-refractivity contribution in [2.24, 2.45) is 0 Å². The molecular weight excluding hydrogens is 144 g/mol. The number of rotatable bonds is 1. The van der Waals surface area contributed by atoms with Crippen molar-refractivity contribution < 1.29 is 0 Å². The van der Waals surface area contributed by atoms with E-state index in [4.69, 9.17) is 0 Å². The Labute approximate surface area is 76.6 Å². The molecule has 0 radical (unpaired) electrons. The summed E-state index contributed by atoms with van der Waals surface area (Å²) < 4.78 is 0. The van der Waals surface area contributed by atoms with Gasteiger partial charge in [-0.25, -0.2) is 0 Å². The third-order valence-corrected chi connectivity index (χ3v) is 2.19. The SMILES string of the molecule is C.CCc1c(C)cc(C)cc1C. The first-order valence-corrected chi connectivity index (χ1v) is 4.22. The predicted molar refractivity (Wildman–Crippen MR) is 56.8 cm³/mol. The summed E-state index contributed by atoms with van der Waals surface area (Å²) in [5, 5.41) is 0. The van der Waals surface area contributed by atoms with E-state index in [1.165, 1.54) is 22.3 Å². The highest BCUT2D eigenvalue weighted by Crippen LogP contribution is 2.16. The molecule has 0 amide bonds. The van der Waals surface area contributed by atoms with Gasteiger partial charge in [-0.3, -0.25) is 0 Å². The van der Waals surface area contributed by atoms with Crippen LogP contribution in [0.1, 0.15) is 36.6 Å². The van der Waals surface area contributed by atoms with Crippen LogP contribution in [-0.2, 0) is 6.42 Å². The Morgan fingerprint density at radius 1 is 1.00 bits per heavy atom. The highest BCUT2D eigenvalue weighted by molar-refractivity contribution is 5.37. The molecule has 0 saturated heterocycles. The molecule has 0 atom stereocenters. The maximum absolute atomic E-state index is 2.26. The van der Waals surface area contributed by atoms with Crippen molar-refractivity contribution >= 4 is 0 Å². The van der Waals surface area contributed by atoms with E-state index >= 15 is 0 Å². The van der Waals surface area contributed by atoms with Crippen molar-refractivity contribution in [1.82, 2.24) is 0 Å². The van der Waals surface area contributed by atoms with E-state index in [9.17, 15) is 0 Å². The van der Waals surface area contributed by atoms with Crippen molar-refractivity contribution in [3.8, 4) is 0 Å². The zero-order valence-corrected chi connectivity index (χ0v) is 7.86. The fraction of sp³-hybridized carbons (Fsp3) is 0.500. The van der Waals surface area contributed by atoms with Crippen LogP contribution >= 0.6 is 0 Å². The minimum Gasteiger partial charge on any atom is -0.0776 e. The van der Waals surface area contributed by atoms with Crippen molar-refractivity contribution in [2.45, 2.75) is 41.5 Å².